The van der Waals surface area contributed by atoms with E-state index in [2.05, 4.69) is 58.3 Å². The summed E-state index contributed by atoms with van der Waals surface area (Å²) in [6.45, 7) is 5.92. The van der Waals surface area contributed by atoms with Crippen LogP contribution in [0.5, 0.6) is 0 Å². The number of rotatable bonds is 6. The summed E-state index contributed by atoms with van der Waals surface area (Å²) < 4.78 is 0.885. The molecule has 162 valence electrons. The summed E-state index contributed by atoms with van der Waals surface area (Å²) in [6.07, 6.45) is 0. The third-order valence-electron chi connectivity index (χ3n) is 5.23. The van der Waals surface area contributed by atoms with Gasteiger partial charge in [-0.05, 0) is 32.2 Å². The first-order chi connectivity index (χ1) is 15.0. The van der Waals surface area contributed by atoms with Crippen molar-refractivity contribution in [1.29, 1.82) is 0 Å². The number of aryl methyl sites for hydroxylation is 1. The van der Waals surface area contributed by atoms with Crippen LogP contribution in [0.4, 0.5) is 11.4 Å². The van der Waals surface area contributed by atoms with E-state index in [1.807, 2.05) is 23.6 Å². The van der Waals surface area contributed by atoms with Crippen molar-refractivity contribution in [3.05, 3.63) is 58.4 Å². The summed E-state index contributed by atoms with van der Waals surface area (Å²) in [7, 11) is 2.13. The molecule has 1 fully saturated rings. The van der Waals surface area contributed by atoms with Crippen molar-refractivity contribution in [2.75, 3.05) is 49.2 Å². The fourth-order valence-corrected chi connectivity index (χ4v) is 5.23. The van der Waals surface area contributed by atoms with Gasteiger partial charge in [-0.1, -0.05) is 53.2 Å². The zero-order valence-corrected chi connectivity index (χ0v) is 20.0. The maximum Gasteiger partial charge on any atom is 0.234 e. The van der Waals surface area contributed by atoms with Gasteiger partial charge >= 0.3 is 0 Å². The van der Waals surface area contributed by atoms with E-state index in [1.54, 1.807) is 11.3 Å². The van der Waals surface area contributed by atoms with E-state index < -0.39 is 0 Å². The van der Waals surface area contributed by atoms with Crippen LogP contribution in [-0.4, -0.2) is 54.8 Å². The molecule has 0 aliphatic carbocycles. The topological polar surface area (TPSA) is 48.5 Å². The Morgan fingerprint density at radius 2 is 1.90 bits per heavy atom. The summed E-state index contributed by atoms with van der Waals surface area (Å²) in [6, 6.07) is 14.0. The van der Waals surface area contributed by atoms with Gasteiger partial charge in [0.05, 0.1) is 22.8 Å². The molecule has 2 aromatic carbocycles. The molecule has 0 unspecified atom stereocenters. The Morgan fingerprint density at radius 1 is 1.16 bits per heavy atom. The first-order valence-electron chi connectivity index (χ1n) is 10.2. The lowest BCUT2D eigenvalue weighted by molar-refractivity contribution is -0.113. The molecule has 1 aliphatic rings. The highest BCUT2D eigenvalue weighted by Crippen LogP contribution is 2.31. The second-order valence-corrected chi connectivity index (χ2v) is 10.2. The van der Waals surface area contributed by atoms with E-state index in [4.69, 9.17) is 11.6 Å². The van der Waals surface area contributed by atoms with Crippen molar-refractivity contribution in [3.63, 3.8) is 0 Å². The predicted molar refractivity (Wildman–Crippen MR) is 133 cm³/mol. The molecule has 0 bridgehead atoms. The quantitative estimate of drug-likeness (QED) is 0.496. The Balaban J connectivity index is 1.38. The Labute approximate surface area is 196 Å². The molecule has 3 aromatic rings. The number of carbonyl (C=O) groups excluding carboxylic acids is 1. The Bertz CT molecular complexity index is 1050. The van der Waals surface area contributed by atoms with Gasteiger partial charge in [-0.2, -0.15) is 0 Å². The third-order valence-corrected chi connectivity index (χ3v) is 7.49. The highest BCUT2D eigenvalue weighted by Gasteiger charge is 2.18. The molecular weight excluding hydrogens is 448 g/mol. The summed E-state index contributed by atoms with van der Waals surface area (Å²) in [5.41, 5.74) is 5.05. The fraction of sp³-hybridized carbons (Fsp3) is 0.304. The van der Waals surface area contributed by atoms with Crippen LogP contribution < -0.4 is 10.2 Å². The smallest absolute Gasteiger partial charge is 0.234 e. The molecule has 0 atom stereocenters. The molecule has 0 spiro atoms. The van der Waals surface area contributed by atoms with Gasteiger partial charge in [0, 0.05) is 42.1 Å². The van der Waals surface area contributed by atoms with Crippen LogP contribution in [0.25, 0.3) is 11.3 Å². The van der Waals surface area contributed by atoms with Crippen LogP contribution in [-0.2, 0) is 4.79 Å². The van der Waals surface area contributed by atoms with Gasteiger partial charge in [0.2, 0.25) is 5.91 Å². The van der Waals surface area contributed by atoms with Crippen molar-refractivity contribution < 1.29 is 4.79 Å². The number of nitrogens with zero attached hydrogens (tertiary/aromatic N) is 3. The van der Waals surface area contributed by atoms with E-state index in [0.717, 1.165) is 53.2 Å². The van der Waals surface area contributed by atoms with Gasteiger partial charge in [-0.25, -0.2) is 4.98 Å². The van der Waals surface area contributed by atoms with Crippen molar-refractivity contribution in [2.24, 2.45) is 0 Å². The van der Waals surface area contributed by atoms with Crippen molar-refractivity contribution in [3.8, 4) is 11.3 Å². The number of likely N-dealkylation sites (N-methyl/N-ethyl adjacent to an activating group) is 1. The van der Waals surface area contributed by atoms with E-state index in [9.17, 15) is 4.79 Å². The molecule has 8 heteroatoms. The number of amides is 1. The molecule has 5 nitrogen and oxygen atoms in total. The molecular formula is C23H25ClN4OS2. The van der Waals surface area contributed by atoms with Gasteiger partial charge in [-0.3, -0.25) is 4.79 Å². The third kappa shape index (κ3) is 5.80. The van der Waals surface area contributed by atoms with E-state index in [0.29, 0.717) is 10.8 Å². The number of hydrogen-bond donors (Lipinski definition) is 1. The number of thioether (sulfide) groups is 1. The highest BCUT2D eigenvalue weighted by atomic mass is 35.5. The maximum atomic E-state index is 12.7. The molecule has 1 saturated heterocycles. The zero-order chi connectivity index (χ0) is 21.8. The first kappa shape index (κ1) is 22.1. The number of carbonyl (C=O) groups is 1. The first-order valence-corrected chi connectivity index (χ1v) is 12.4. The zero-order valence-electron chi connectivity index (χ0n) is 17.6. The highest BCUT2D eigenvalue weighted by molar-refractivity contribution is 8.01. The Hall–Kier alpha value is -2.06. The predicted octanol–water partition coefficient (Wildman–Crippen LogP) is 5.25. The molecule has 0 saturated carbocycles. The van der Waals surface area contributed by atoms with Gasteiger partial charge in [-0.15, -0.1) is 11.3 Å². The van der Waals surface area contributed by atoms with Crippen molar-refractivity contribution >= 4 is 52.0 Å². The number of aromatic nitrogens is 1. The summed E-state index contributed by atoms with van der Waals surface area (Å²) in [5.74, 6) is 0.241. The van der Waals surface area contributed by atoms with Gasteiger partial charge in [0.25, 0.3) is 0 Å². The maximum absolute atomic E-state index is 12.7. The molecule has 0 radical (unpaired) electrons. The fourth-order valence-electron chi connectivity index (χ4n) is 3.43. The normalized spacial score (nSPS) is 14.6. The van der Waals surface area contributed by atoms with Gasteiger partial charge < -0.3 is 15.1 Å². The number of thiazole rings is 1. The summed E-state index contributed by atoms with van der Waals surface area (Å²) in [5, 5.41) is 5.70. The average Bonchev–Trinajstić information content (AvgIpc) is 3.23. The van der Waals surface area contributed by atoms with Crippen LogP contribution in [0.3, 0.4) is 0 Å². The van der Waals surface area contributed by atoms with E-state index >= 15 is 0 Å². The molecule has 2 heterocycles. The van der Waals surface area contributed by atoms with Crippen molar-refractivity contribution in [2.45, 2.75) is 11.3 Å². The SMILES string of the molecule is Cc1ccc(-c2csc(SCC(=O)Nc3cc(Cl)ccc3N3CCN(C)CC3)n2)cc1. The van der Waals surface area contributed by atoms with Crippen LogP contribution >= 0.6 is 34.7 Å². The number of anilines is 2. The molecule has 1 amide bonds. The minimum absolute atomic E-state index is 0.0604. The lowest BCUT2D eigenvalue weighted by Gasteiger charge is -2.35. The Kier molecular flexibility index (Phi) is 7.17. The summed E-state index contributed by atoms with van der Waals surface area (Å²) in [4.78, 5) is 21.9. The lowest BCUT2D eigenvalue weighted by atomic mass is 10.1. The number of halogens is 1. The monoisotopic (exact) mass is 472 g/mol. The minimum atomic E-state index is -0.0604. The van der Waals surface area contributed by atoms with Gasteiger partial charge in [0.15, 0.2) is 4.34 Å². The Morgan fingerprint density at radius 3 is 2.65 bits per heavy atom. The average molecular weight is 473 g/mol. The van der Waals surface area contributed by atoms with Crippen LogP contribution in [0, 0.1) is 6.92 Å². The standard InChI is InChI=1S/C23H25ClN4OS2/c1-16-3-5-17(6-4-16)20-14-30-23(26-20)31-15-22(29)25-19-13-18(24)7-8-21(19)28-11-9-27(2)10-12-28/h3-8,13-14H,9-12,15H2,1-2H3,(H,25,29). The number of hydrogen-bond acceptors (Lipinski definition) is 6. The lowest BCUT2D eigenvalue weighted by Crippen LogP contribution is -2.44. The number of benzene rings is 2. The molecule has 31 heavy (non-hydrogen) atoms. The molecule has 1 N–H and O–H groups in total. The van der Waals surface area contributed by atoms with Crippen LogP contribution in [0.2, 0.25) is 5.02 Å². The van der Waals surface area contributed by atoms with E-state index in [-0.39, 0.29) is 5.91 Å². The summed E-state index contributed by atoms with van der Waals surface area (Å²) >= 11 is 9.23. The number of piperazine rings is 1. The minimum Gasteiger partial charge on any atom is -0.367 e. The molecule has 1 aliphatic heterocycles. The van der Waals surface area contributed by atoms with Gasteiger partial charge in [0.1, 0.15) is 0 Å². The van der Waals surface area contributed by atoms with Crippen LogP contribution in [0.15, 0.2) is 52.2 Å². The second kappa shape index (κ2) is 10.0. The molecule has 1 aromatic heterocycles. The number of nitrogens with one attached hydrogen (secondary N) is 1. The second-order valence-electron chi connectivity index (χ2n) is 7.65. The van der Waals surface area contributed by atoms with Crippen LogP contribution in [0.1, 0.15) is 5.56 Å². The van der Waals surface area contributed by atoms with Crippen molar-refractivity contribution in [1.82, 2.24) is 9.88 Å². The van der Waals surface area contributed by atoms with E-state index in [1.165, 1.54) is 17.3 Å². The largest absolute Gasteiger partial charge is 0.367 e. The molecule has 4 rings (SSSR count).